The lowest BCUT2D eigenvalue weighted by Gasteiger charge is -2.12. The summed E-state index contributed by atoms with van der Waals surface area (Å²) in [4.78, 5) is 28.7. The summed E-state index contributed by atoms with van der Waals surface area (Å²) in [6.07, 6.45) is 3.20. The number of fused-ring (bicyclic) bond motifs is 1. The molecule has 3 aromatic carbocycles. The second-order valence-electron chi connectivity index (χ2n) is 6.47. The summed E-state index contributed by atoms with van der Waals surface area (Å²) < 4.78 is 6.68. The summed E-state index contributed by atoms with van der Waals surface area (Å²) in [7, 11) is 1.57. The molecular formula is C23H17N3O4. The molecule has 0 amide bonds. The van der Waals surface area contributed by atoms with Gasteiger partial charge in [-0.25, -0.2) is 4.98 Å². The minimum atomic E-state index is -0.440. The van der Waals surface area contributed by atoms with Crippen LogP contribution in [0.2, 0.25) is 0 Å². The van der Waals surface area contributed by atoms with E-state index < -0.39 is 4.92 Å². The third-order valence-electron chi connectivity index (χ3n) is 4.68. The molecule has 7 nitrogen and oxygen atoms in total. The van der Waals surface area contributed by atoms with Crippen LogP contribution in [0.4, 0.5) is 5.69 Å². The zero-order chi connectivity index (χ0) is 21.1. The molecule has 0 atom stereocenters. The van der Waals surface area contributed by atoms with Crippen LogP contribution in [-0.4, -0.2) is 21.6 Å². The average molecular weight is 399 g/mol. The molecule has 4 aromatic rings. The van der Waals surface area contributed by atoms with E-state index in [0.717, 1.165) is 0 Å². The van der Waals surface area contributed by atoms with E-state index in [9.17, 15) is 14.9 Å². The first-order valence-electron chi connectivity index (χ1n) is 9.16. The van der Waals surface area contributed by atoms with Gasteiger partial charge in [-0.3, -0.25) is 19.5 Å². The van der Waals surface area contributed by atoms with E-state index in [0.29, 0.717) is 33.7 Å². The van der Waals surface area contributed by atoms with Gasteiger partial charge in [-0.15, -0.1) is 0 Å². The fourth-order valence-electron chi connectivity index (χ4n) is 3.20. The molecule has 0 fully saturated rings. The lowest BCUT2D eigenvalue weighted by Crippen LogP contribution is -2.22. The Hall–Kier alpha value is -4.26. The molecule has 0 saturated carbocycles. The summed E-state index contributed by atoms with van der Waals surface area (Å²) >= 11 is 0. The van der Waals surface area contributed by atoms with Crippen molar-refractivity contribution in [1.82, 2.24) is 9.55 Å². The summed E-state index contributed by atoms with van der Waals surface area (Å²) in [5, 5.41) is 11.8. The molecule has 0 aliphatic carbocycles. The monoisotopic (exact) mass is 399 g/mol. The Labute approximate surface area is 171 Å². The van der Waals surface area contributed by atoms with Gasteiger partial charge in [-0.05, 0) is 54.6 Å². The van der Waals surface area contributed by atoms with Crippen LogP contribution in [0.1, 0.15) is 11.4 Å². The van der Waals surface area contributed by atoms with Gasteiger partial charge >= 0.3 is 0 Å². The second kappa shape index (κ2) is 8.00. The topological polar surface area (TPSA) is 87.3 Å². The predicted molar refractivity (Wildman–Crippen MR) is 116 cm³/mol. The first-order valence-corrected chi connectivity index (χ1v) is 9.16. The molecule has 0 spiro atoms. The number of methoxy groups -OCH3 is 1. The van der Waals surface area contributed by atoms with E-state index in [-0.39, 0.29) is 11.2 Å². The van der Waals surface area contributed by atoms with E-state index in [1.807, 2.05) is 6.07 Å². The smallest absolute Gasteiger partial charge is 0.276 e. The Bertz CT molecular complexity index is 1320. The van der Waals surface area contributed by atoms with Crippen LogP contribution in [-0.2, 0) is 0 Å². The number of hydrogen-bond acceptors (Lipinski definition) is 5. The Balaban J connectivity index is 1.92. The maximum Gasteiger partial charge on any atom is 0.276 e. The zero-order valence-corrected chi connectivity index (χ0v) is 16.1. The number of hydrogen-bond donors (Lipinski definition) is 0. The molecular weight excluding hydrogens is 382 g/mol. The molecule has 0 bridgehead atoms. The van der Waals surface area contributed by atoms with Crippen molar-refractivity contribution in [2.45, 2.75) is 0 Å². The van der Waals surface area contributed by atoms with Gasteiger partial charge < -0.3 is 4.74 Å². The van der Waals surface area contributed by atoms with Crippen molar-refractivity contribution < 1.29 is 9.66 Å². The lowest BCUT2D eigenvalue weighted by molar-refractivity contribution is -0.385. The quantitative estimate of drug-likeness (QED) is 0.365. The van der Waals surface area contributed by atoms with Crippen molar-refractivity contribution in [3.63, 3.8) is 0 Å². The molecule has 1 heterocycles. The number of nitro groups is 1. The number of aromatic nitrogens is 2. The Morgan fingerprint density at radius 2 is 1.67 bits per heavy atom. The summed E-state index contributed by atoms with van der Waals surface area (Å²) in [6, 6.07) is 20.5. The highest BCUT2D eigenvalue weighted by molar-refractivity contribution is 5.80. The van der Waals surface area contributed by atoms with Gasteiger partial charge in [-0.2, -0.15) is 0 Å². The number of nitrogens with zero attached hydrogens (tertiary/aromatic N) is 3. The Morgan fingerprint density at radius 3 is 2.40 bits per heavy atom. The first-order chi connectivity index (χ1) is 14.6. The van der Waals surface area contributed by atoms with Crippen molar-refractivity contribution in [1.29, 1.82) is 0 Å². The number of para-hydroxylation sites is 2. The molecule has 4 rings (SSSR count). The van der Waals surface area contributed by atoms with Crippen LogP contribution in [0.3, 0.4) is 0 Å². The number of nitro benzene ring substituents is 1. The van der Waals surface area contributed by atoms with Crippen molar-refractivity contribution in [3.8, 4) is 11.4 Å². The minimum absolute atomic E-state index is 0.0205. The van der Waals surface area contributed by atoms with E-state index >= 15 is 0 Å². The number of ether oxygens (including phenoxy) is 1. The molecule has 0 radical (unpaired) electrons. The largest absolute Gasteiger partial charge is 0.497 e. The van der Waals surface area contributed by atoms with Crippen LogP contribution in [0.25, 0.3) is 28.7 Å². The van der Waals surface area contributed by atoms with Gasteiger partial charge in [0, 0.05) is 6.07 Å². The van der Waals surface area contributed by atoms with Crippen molar-refractivity contribution in [3.05, 3.63) is 105 Å². The normalized spacial score (nSPS) is 11.1. The van der Waals surface area contributed by atoms with Gasteiger partial charge in [0.05, 0.1) is 34.2 Å². The van der Waals surface area contributed by atoms with Crippen LogP contribution in [0.5, 0.6) is 5.75 Å². The van der Waals surface area contributed by atoms with Gasteiger partial charge in [0.25, 0.3) is 11.2 Å². The third kappa shape index (κ3) is 3.56. The van der Waals surface area contributed by atoms with E-state index in [1.54, 1.807) is 79.9 Å². The fraction of sp³-hybridized carbons (Fsp3) is 0.0435. The molecule has 0 N–H and O–H groups in total. The highest BCUT2D eigenvalue weighted by Gasteiger charge is 2.13. The fourth-order valence-corrected chi connectivity index (χ4v) is 3.20. The van der Waals surface area contributed by atoms with Crippen LogP contribution < -0.4 is 10.3 Å². The first kappa shape index (κ1) is 19.1. The molecule has 0 saturated heterocycles. The minimum Gasteiger partial charge on any atom is -0.497 e. The lowest BCUT2D eigenvalue weighted by atomic mass is 10.1. The summed E-state index contributed by atoms with van der Waals surface area (Å²) in [6.45, 7) is 0. The molecule has 30 heavy (non-hydrogen) atoms. The standard InChI is InChI=1S/C23H17N3O4/c1-30-18-13-11-17(12-14-18)25-22(24-20-8-4-3-7-19(20)23(25)27)15-10-16-6-2-5-9-21(16)26(28)29/h2-15H,1H3/b15-10+. The molecule has 0 aliphatic heterocycles. The van der Waals surface area contributed by atoms with Crippen molar-refractivity contribution in [2.75, 3.05) is 7.11 Å². The van der Waals surface area contributed by atoms with Gasteiger partial charge in [0.1, 0.15) is 11.6 Å². The molecule has 0 unspecified atom stereocenters. The summed E-state index contributed by atoms with van der Waals surface area (Å²) in [5.74, 6) is 1.03. The predicted octanol–water partition coefficient (Wildman–Crippen LogP) is 4.47. The van der Waals surface area contributed by atoms with Gasteiger partial charge in [0.2, 0.25) is 0 Å². The number of benzene rings is 3. The van der Waals surface area contributed by atoms with Gasteiger partial charge in [0.15, 0.2) is 0 Å². The second-order valence-corrected chi connectivity index (χ2v) is 6.47. The van der Waals surface area contributed by atoms with Crippen LogP contribution >= 0.6 is 0 Å². The maximum absolute atomic E-state index is 13.2. The highest BCUT2D eigenvalue weighted by Crippen LogP contribution is 2.22. The Morgan fingerprint density at radius 1 is 0.967 bits per heavy atom. The average Bonchev–Trinajstić information content (AvgIpc) is 2.78. The van der Waals surface area contributed by atoms with Crippen LogP contribution in [0, 0.1) is 10.1 Å². The SMILES string of the molecule is COc1ccc(-n2c(/C=C/c3ccccc3[N+](=O)[O-])nc3ccccc3c2=O)cc1. The van der Waals surface area contributed by atoms with E-state index in [1.165, 1.54) is 10.6 Å². The van der Waals surface area contributed by atoms with Gasteiger partial charge in [-0.1, -0.05) is 24.3 Å². The zero-order valence-electron chi connectivity index (χ0n) is 16.1. The van der Waals surface area contributed by atoms with E-state index in [4.69, 9.17) is 4.74 Å². The van der Waals surface area contributed by atoms with Crippen molar-refractivity contribution in [2.24, 2.45) is 0 Å². The molecule has 0 aliphatic rings. The highest BCUT2D eigenvalue weighted by atomic mass is 16.6. The maximum atomic E-state index is 13.2. The Kier molecular flexibility index (Phi) is 5.09. The van der Waals surface area contributed by atoms with E-state index in [2.05, 4.69) is 4.98 Å². The molecule has 7 heteroatoms. The third-order valence-corrected chi connectivity index (χ3v) is 4.68. The summed E-state index contributed by atoms with van der Waals surface area (Å²) in [5.41, 5.74) is 1.34. The number of rotatable bonds is 5. The molecule has 1 aromatic heterocycles. The molecule has 148 valence electrons. The van der Waals surface area contributed by atoms with Crippen LogP contribution in [0.15, 0.2) is 77.6 Å². The van der Waals surface area contributed by atoms with Crippen molar-refractivity contribution >= 4 is 28.7 Å².